The van der Waals surface area contributed by atoms with Gasteiger partial charge in [-0.15, -0.1) is 0 Å². The van der Waals surface area contributed by atoms with Gasteiger partial charge < -0.3 is 4.57 Å². The Kier molecular flexibility index (Phi) is 8.18. The van der Waals surface area contributed by atoms with Crippen molar-refractivity contribution >= 4 is 46.5 Å². The fraction of sp³-hybridized carbons (Fsp3) is 0.0943. The Morgan fingerprint density at radius 2 is 1.16 bits per heavy atom. The molecule has 2 aromatic heterocycles. The van der Waals surface area contributed by atoms with E-state index in [-0.39, 0.29) is 5.92 Å². The molecular formula is C53H41N3Si. The quantitative estimate of drug-likeness (QED) is 0.159. The number of aromatic nitrogens is 3. The first kappa shape index (κ1) is 33.7. The van der Waals surface area contributed by atoms with Crippen LogP contribution in [0.15, 0.2) is 182 Å². The van der Waals surface area contributed by atoms with E-state index in [0.29, 0.717) is 0 Å². The summed E-state index contributed by atoms with van der Waals surface area (Å²) in [5, 5.41) is 5.74. The third kappa shape index (κ3) is 5.79. The lowest BCUT2D eigenvalue weighted by atomic mass is 9.84. The molecule has 7 aromatic carbocycles. The van der Waals surface area contributed by atoms with Gasteiger partial charge in [0.05, 0.1) is 22.4 Å². The number of rotatable bonds is 6. The Balaban J connectivity index is 0.937. The highest BCUT2D eigenvalue weighted by Gasteiger charge is 2.27. The summed E-state index contributed by atoms with van der Waals surface area (Å²) in [5.74, 6) is 1.19. The molecule has 272 valence electrons. The lowest BCUT2D eigenvalue weighted by molar-refractivity contribution is 0.591. The number of hydrogen-bond acceptors (Lipinski definition) is 2. The monoisotopic (exact) mass is 747 g/mol. The Labute approximate surface area is 335 Å². The topological polar surface area (TPSA) is 30.7 Å². The highest BCUT2D eigenvalue weighted by molar-refractivity contribution is 6.88. The predicted molar refractivity (Wildman–Crippen MR) is 241 cm³/mol. The molecule has 4 heteroatoms. The van der Waals surface area contributed by atoms with Crippen LogP contribution < -0.4 is 10.4 Å². The van der Waals surface area contributed by atoms with E-state index in [9.17, 15) is 0 Å². The van der Waals surface area contributed by atoms with Gasteiger partial charge in [0.1, 0.15) is 14.6 Å². The van der Waals surface area contributed by atoms with Gasteiger partial charge in [-0.25, -0.2) is 9.97 Å². The molecule has 3 nitrogen and oxygen atoms in total. The van der Waals surface area contributed by atoms with Gasteiger partial charge in [-0.05, 0) is 89.1 Å². The fourth-order valence-electron chi connectivity index (χ4n) is 9.48. The summed E-state index contributed by atoms with van der Waals surface area (Å²) in [5.41, 5.74) is 16.0. The summed E-state index contributed by atoms with van der Waals surface area (Å²) in [6, 6.07) is 64.2. The summed E-state index contributed by atoms with van der Waals surface area (Å²) >= 11 is 0. The first-order valence-electron chi connectivity index (χ1n) is 20.2. The molecule has 2 atom stereocenters. The Bertz CT molecular complexity index is 2940. The van der Waals surface area contributed by atoms with Crippen LogP contribution in [0.4, 0.5) is 0 Å². The van der Waals surface area contributed by atoms with E-state index >= 15 is 0 Å². The molecule has 2 aliphatic rings. The van der Waals surface area contributed by atoms with Gasteiger partial charge in [-0.1, -0.05) is 163 Å². The maximum Gasteiger partial charge on any atom is 0.133 e. The maximum absolute atomic E-state index is 5.19. The zero-order valence-corrected chi connectivity index (χ0v) is 33.1. The summed E-state index contributed by atoms with van der Waals surface area (Å²) in [6.45, 7) is 2.46. The first-order valence-corrected chi connectivity index (χ1v) is 22.5. The van der Waals surface area contributed by atoms with Crippen LogP contribution in [0.1, 0.15) is 36.6 Å². The second-order valence-electron chi connectivity index (χ2n) is 15.6. The molecule has 0 fully saturated rings. The second-order valence-corrected chi connectivity index (χ2v) is 18.3. The normalized spacial score (nSPS) is 16.1. The maximum atomic E-state index is 5.19. The van der Waals surface area contributed by atoms with E-state index < -0.39 is 8.80 Å². The van der Waals surface area contributed by atoms with Crippen LogP contribution in [0, 0.1) is 0 Å². The number of para-hydroxylation sites is 1. The lowest BCUT2D eigenvalue weighted by Gasteiger charge is -2.23. The first-order chi connectivity index (χ1) is 28.2. The predicted octanol–water partition coefficient (Wildman–Crippen LogP) is 11.9. The molecule has 1 aliphatic carbocycles. The molecule has 0 amide bonds. The number of hydrogen-bond donors (Lipinski definition) is 0. The molecule has 0 saturated carbocycles. The highest BCUT2D eigenvalue weighted by Crippen LogP contribution is 2.42. The molecule has 1 aliphatic heterocycles. The zero-order valence-electron chi connectivity index (χ0n) is 31.9. The molecule has 3 heterocycles. The number of allylic oxidation sites excluding steroid dienone is 2. The molecule has 9 aromatic rings. The SMILES string of the molecule is C[SiH]1c2ccccc2-c2cc(-c3ccc(-n4c5ccccc5c5c(C6=CCC(c7nc(-c8ccccc8)cc(-c8ccccc8)n7)CC6)cccc54)cc3)ccc21. The van der Waals surface area contributed by atoms with E-state index in [1.54, 1.807) is 10.4 Å². The number of nitrogens with zero attached hydrogens (tertiary/aromatic N) is 3. The summed E-state index contributed by atoms with van der Waals surface area (Å²) < 4.78 is 2.45. The van der Waals surface area contributed by atoms with Crippen LogP contribution in [0.25, 0.3) is 77.8 Å². The Morgan fingerprint density at radius 3 is 1.89 bits per heavy atom. The standard InChI is InChI=1S/C53H41N3Si/c1-57-50-22-11-9-17-43(50)45-33-40(29-32-51(45)57)35-27-30-41(31-28-35)56-48-20-10-8-18-44(48)52-42(19-12-21-49(52)56)36-23-25-39(26-24-36)53-54-46(37-13-4-2-5-14-37)34-47(55-53)38-15-6-3-7-16-38/h2-23,27-34,39,57H,24-26H2,1H3. The highest BCUT2D eigenvalue weighted by atomic mass is 28.3. The van der Waals surface area contributed by atoms with Crippen molar-refractivity contribution in [2.24, 2.45) is 0 Å². The van der Waals surface area contributed by atoms with Gasteiger partial charge in [0.15, 0.2) is 0 Å². The van der Waals surface area contributed by atoms with Crippen LogP contribution >= 0.6 is 0 Å². The van der Waals surface area contributed by atoms with E-state index in [1.165, 1.54) is 60.9 Å². The van der Waals surface area contributed by atoms with E-state index in [2.05, 4.69) is 193 Å². The van der Waals surface area contributed by atoms with Gasteiger partial charge >= 0.3 is 0 Å². The molecular weight excluding hydrogens is 707 g/mol. The van der Waals surface area contributed by atoms with Crippen LogP contribution in [0.3, 0.4) is 0 Å². The summed E-state index contributed by atoms with van der Waals surface area (Å²) in [7, 11) is -1.12. The summed E-state index contributed by atoms with van der Waals surface area (Å²) in [6.07, 6.45) is 5.35. The average Bonchev–Trinajstić information content (AvgIpc) is 3.78. The number of benzene rings is 7. The van der Waals surface area contributed by atoms with Gasteiger partial charge in [-0.3, -0.25) is 0 Å². The minimum atomic E-state index is -1.12. The van der Waals surface area contributed by atoms with Gasteiger partial charge in [0.2, 0.25) is 0 Å². The molecule has 0 radical (unpaired) electrons. The van der Waals surface area contributed by atoms with E-state index in [1.807, 2.05) is 0 Å². The fourth-order valence-corrected chi connectivity index (χ4v) is 12.0. The van der Waals surface area contributed by atoms with Gasteiger partial charge in [0.25, 0.3) is 0 Å². The van der Waals surface area contributed by atoms with E-state index in [4.69, 9.17) is 9.97 Å². The van der Waals surface area contributed by atoms with Crippen molar-refractivity contribution in [1.29, 1.82) is 0 Å². The third-order valence-corrected chi connectivity index (χ3v) is 15.3. The van der Waals surface area contributed by atoms with Crippen LogP contribution in [-0.4, -0.2) is 23.3 Å². The third-order valence-electron chi connectivity index (χ3n) is 12.4. The van der Waals surface area contributed by atoms with Crippen molar-refractivity contribution in [1.82, 2.24) is 14.5 Å². The van der Waals surface area contributed by atoms with Crippen molar-refractivity contribution in [2.75, 3.05) is 0 Å². The molecule has 11 rings (SSSR count). The van der Waals surface area contributed by atoms with Crippen LogP contribution in [-0.2, 0) is 0 Å². The van der Waals surface area contributed by atoms with Gasteiger partial charge in [0, 0.05) is 33.5 Å². The minimum absolute atomic E-state index is 0.254. The van der Waals surface area contributed by atoms with Crippen molar-refractivity contribution in [3.63, 3.8) is 0 Å². The van der Waals surface area contributed by atoms with Crippen LogP contribution in [0.2, 0.25) is 6.55 Å². The van der Waals surface area contributed by atoms with Crippen LogP contribution in [0.5, 0.6) is 0 Å². The zero-order chi connectivity index (χ0) is 37.9. The second kappa shape index (κ2) is 13.8. The molecule has 0 N–H and O–H groups in total. The molecule has 0 saturated heterocycles. The molecule has 0 bridgehead atoms. The molecule has 57 heavy (non-hydrogen) atoms. The van der Waals surface area contributed by atoms with Crippen molar-refractivity contribution < 1.29 is 0 Å². The van der Waals surface area contributed by atoms with Crippen molar-refractivity contribution in [2.45, 2.75) is 31.7 Å². The largest absolute Gasteiger partial charge is 0.309 e. The van der Waals surface area contributed by atoms with E-state index in [0.717, 1.165) is 47.6 Å². The Hall–Kier alpha value is -6.62. The van der Waals surface area contributed by atoms with Crippen molar-refractivity contribution in [3.05, 3.63) is 193 Å². The average molecular weight is 748 g/mol. The van der Waals surface area contributed by atoms with Crippen molar-refractivity contribution in [3.8, 4) is 50.5 Å². The molecule has 0 spiro atoms. The number of fused-ring (bicyclic) bond motifs is 6. The summed E-state index contributed by atoms with van der Waals surface area (Å²) in [4.78, 5) is 10.4. The van der Waals surface area contributed by atoms with Gasteiger partial charge in [-0.2, -0.15) is 0 Å². The minimum Gasteiger partial charge on any atom is -0.309 e. The molecule has 2 unspecified atom stereocenters. The Morgan fingerprint density at radius 1 is 0.526 bits per heavy atom. The lowest BCUT2D eigenvalue weighted by Crippen LogP contribution is -2.34. The smallest absolute Gasteiger partial charge is 0.133 e.